The number of hydrogen-bond acceptors (Lipinski definition) is 5. The first-order valence-electron chi connectivity index (χ1n) is 7.32. The zero-order valence-electron chi connectivity index (χ0n) is 12.4. The van der Waals surface area contributed by atoms with Crippen LogP contribution in [0.1, 0.15) is 11.1 Å². The minimum atomic E-state index is 0.831. The van der Waals surface area contributed by atoms with Crippen molar-refractivity contribution < 1.29 is 0 Å². The Morgan fingerprint density at radius 1 is 1.05 bits per heavy atom. The van der Waals surface area contributed by atoms with E-state index in [2.05, 4.69) is 32.8 Å². The molecule has 0 atom stereocenters. The van der Waals surface area contributed by atoms with E-state index in [0.717, 1.165) is 44.4 Å². The molecule has 0 amide bonds. The van der Waals surface area contributed by atoms with Gasteiger partial charge in [-0.15, -0.1) is 0 Å². The molecule has 1 aliphatic heterocycles. The fourth-order valence-corrected chi connectivity index (χ4v) is 2.68. The number of piperazine rings is 1. The van der Waals surface area contributed by atoms with Crippen molar-refractivity contribution in [2.45, 2.75) is 13.5 Å². The molecule has 1 fully saturated rings. The maximum absolute atomic E-state index is 5.98. The van der Waals surface area contributed by atoms with Gasteiger partial charge >= 0.3 is 0 Å². The summed E-state index contributed by atoms with van der Waals surface area (Å²) in [4.78, 5) is 13.3. The fourth-order valence-electron chi connectivity index (χ4n) is 2.68. The monoisotopic (exact) mass is 283 g/mol. The summed E-state index contributed by atoms with van der Waals surface area (Å²) in [5, 5.41) is 0. The van der Waals surface area contributed by atoms with Crippen LogP contribution in [0.2, 0.25) is 0 Å². The van der Waals surface area contributed by atoms with Gasteiger partial charge in [0.1, 0.15) is 0 Å². The van der Waals surface area contributed by atoms with Gasteiger partial charge in [0.15, 0.2) is 0 Å². The van der Waals surface area contributed by atoms with Crippen LogP contribution in [-0.2, 0) is 6.54 Å². The molecular formula is C16H21N5. The molecular weight excluding hydrogens is 262 g/mol. The van der Waals surface area contributed by atoms with Crippen molar-refractivity contribution in [3.63, 3.8) is 0 Å². The Bertz CT molecular complexity index is 591. The van der Waals surface area contributed by atoms with E-state index in [1.807, 2.05) is 18.2 Å². The molecule has 2 N–H and O–H groups in total. The summed E-state index contributed by atoms with van der Waals surface area (Å²) in [5.74, 6) is 0.831. The fraction of sp³-hybridized carbons (Fsp3) is 0.375. The van der Waals surface area contributed by atoms with Crippen molar-refractivity contribution in [1.82, 2.24) is 14.9 Å². The predicted molar refractivity (Wildman–Crippen MR) is 85.1 cm³/mol. The average Bonchev–Trinajstić information content (AvgIpc) is 2.53. The number of nitrogens with zero attached hydrogens (tertiary/aromatic N) is 4. The molecule has 0 unspecified atom stereocenters. The van der Waals surface area contributed by atoms with Crippen molar-refractivity contribution in [3.8, 4) is 0 Å². The summed E-state index contributed by atoms with van der Waals surface area (Å²) >= 11 is 0. The summed E-state index contributed by atoms with van der Waals surface area (Å²) in [6.45, 7) is 7.02. The first kappa shape index (κ1) is 13.8. The van der Waals surface area contributed by atoms with Crippen molar-refractivity contribution >= 4 is 11.6 Å². The molecule has 3 rings (SSSR count). The summed E-state index contributed by atoms with van der Waals surface area (Å²) in [6, 6.07) is 8.01. The molecule has 1 aromatic heterocycles. The number of aromatic nitrogens is 2. The van der Waals surface area contributed by atoms with Gasteiger partial charge in [-0.25, -0.2) is 9.97 Å². The predicted octanol–water partition coefficient (Wildman–Crippen LogP) is 1.69. The highest BCUT2D eigenvalue weighted by Crippen LogP contribution is 2.18. The Hall–Kier alpha value is -2.14. The standard InChI is InChI=1S/C16H21N5/c1-13-14(4-2-5-15(13)17)12-20-8-10-21(11-9-20)16-18-6-3-7-19-16/h2-7H,8-12,17H2,1H3. The molecule has 1 aliphatic rings. The number of nitrogens with two attached hydrogens (primary N) is 1. The van der Waals surface area contributed by atoms with Crippen LogP contribution in [0.25, 0.3) is 0 Å². The van der Waals surface area contributed by atoms with Gasteiger partial charge in [0.2, 0.25) is 5.95 Å². The Balaban J connectivity index is 1.60. The number of rotatable bonds is 3. The third-order valence-corrected chi connectivity index (χ3v) is 4.09. The maximum Gasteiger partial charge on any atom is 0.225 e. The summed E-state index contributed by atoms with van der Waals surface area (Å²) in [5.41, 5.74) is 9.38. The van der Waals surface area contributed by atoms with E-state index in [-0.39, 0.29) is 0 Å². The molecule has 110 valence electrons. The number of anilines is 2. The Morgan fingerprint density at radius 3 is 2.48 bits per heavy atom. The molecule has 5 heteroatoms. The largest absolute Gasteiger partial charge is 0.399 e. The Morgan fingerprint density at radius 2 is 1.76 bits per heavy atom. The highest BCUT2D eigenvalue weighted by molar-refractivity contribution is 5.49. The zero-order valence-corrected chi connectivity index (χ0v) is 12.4. The van der Waals surface area contributed by atoms with E-state index >= 15 is 0 Å². The molecule has 0 aliphatic carbocycles. The molecule has 2 aromatic rings. The van der Waals surface area contributed by atoms with Gasteiger partial charge in [-0.3, -0.25) is 4.90 Å². The summed E-state index contributed by atoms with van der Waals surface area (Å²) in [6.07, 6.45) is 3.59. The van der Waals surface area contributed by atoms with E-state index in [1.54, 1.807) is 12.4 Å². The third kappa shape index (κ3) is 3.13. The zero-order chi connectivity index (χ0) is 14.7. The SMILES string of the molecule is Cc1c(N)cccc1CN1CCN(c2ncccn2)CC1. The Kier molecular flexibility index (Phi) is 4.01. The van der Waals surface area contributed by atoms with Crippen LogP contribution < -0.4 is 10.6 Å². The highest BCUT2D eigenvalue weighted by atomic mass is 15.3. The lowest BCUT2D eigenvalue weighted by Gasteiger charge is -2.34. The lowest BCUT2D eigenvalue weighted by atomic mass is 10.1. The van der Waals surface area contributed by atoms with Gasteiger partial charge in [-0.1, -0.05) is 12.1 Å². The molecule has 2 heterocycles. The minimum Gasteiger partial charge on any atom is -0.399 e. The quantitative estimate of drug-likeness (QED) is 0.869. The average molecular weight is 283 g/mol. The number of hydrogen-bond donors (Lipinski definition) is 1. The van der Waals surface area contributed by atoms with E-state index in [4.69, 9.17) is 5.73 Å². The van der Waals surface area contributed by atoms with Crippen LogP contribution in [0.15, 0.2) is 36.7 Å². The molecule has 0 spiro atoms. The van der Waals surface area contributed by atoms with Crippen LogP contribution in [0.4, 0.5) is 11.6 Å². The molecule has 5 nitrogen and oxygen atoms in total. The minimum absolute atomic E-state index is 0.831. The van der Waals surface area contributed by atoms with Crippen LogP contribution in [0, 0.1) is 6.92 Å². The molecule has 1 aromatic carbocycles. The van der Waals surface area contributed by atoms with Crippen LogP contribution in [-0.4, -0.2) is 41.0 Å². The Labute approximate surface area is 125 Å². The number of nitrogen functional groups attached to an aromatic ring is 1. The normalized spacial score (nSPS) is 16.1. The van der Waals surface area contributed by atoms with Gasteiger partial charge in [-0.05, 0) is 30.2 Å². The maximum atomic E-state index is 5.98. The van der Waals surface area contributed by atoms with Gasteiger partial charge < -0.3 is 10.6 Å². The van der Waals surface area contributed by atoms with Crippen molar-refractivity contribution in [2.24, 2.45) is 0 Å². The van der Waals surface area contributed by atoms with Gasteiger partial charge in [0.05, 0.1) is 0 Å². The topological polar surface area (TPSA) is 58.3 Å². The van der Waals surface area contributed by atoms with Crippen LogP contribution in [0.3, 0.4) is 0 Å². The lowest BCUT2D eigenvalue weighted by Crippen LogP contribution is -2.46. The van der Waals surface area contributed by atoms with Crippen molar-refractivity contribution in [2.75, 3.05) is 36.8 Å². The first-order chi connectivity index (χ1) is 10.2. The summed E-state index contributed by atoms with van der Waals surface area (Å²) in [7, 11) is 0. The van der Waals surface area contributed by atoms with E-state index < -0.39 is 0 Å². The van der Waals surface area contributed by atoms with Crippen LogP contribution in [0.5, 0.6) is 0 Å². The third-order valence-electron chi connectivity index (χ3n) is 4.09. The molecule has 0 saturated carbocycles. The van der Waals surface area contributed by atoms with Crippen molar-refractivity contribution in [1.29, 1.82) is 0 Å². The summed E-state index contributed by atoms with van der Waals surface area (Å²) < 4.78 is 0. The van der Waals surface area contributed by atoms with E-state index in [0.29, 0.717) is 0 Å². The molecule has 1 saturated heterocycles. The first-order valence-corrected chi connectivity index (χ1v) is 7.32. The number of benzene rings is 1. The molecule has 0 bridgehead atoms. The van der Waals surface area contributed by atoms with Crippen molar-refractivity contribution in [3.05, 3.63) is 47.8 Å². The van der Waals surface area contributed by atoms with E-state index in [9.17, 15) is 0 Å². The van der Waals surface area contributed by atoms with Crippen LogP contribution >= 0.6 is 0 Å². The second kappa shape index (κ2) is 6.10. The van der Waals surface area contributed by atoms with E-state index in [1.165, 1.54) is 11.1 Å². The second-order valence-electron chi connectivity index (χ2n) is 5.44. The smallest absolute Gasteiger partial charge is 0.225 e. The lowest BCUT2D eigenvalue weighted by molar-refractivity contribution is 0.248. The molecule has 0 radical (unpaired) electrons. The second-order valence-corrected chi connectivity index (χ2v) is 5.44. The van der Waals surface area contributed by atoms with Gasteiger partial charge in [-0.2, -0.15) is 0 Å². The highest BCUT2D eigenvalue weighted by Gasteiger charge is 2.19. The van der Waals surface area contributed by atoms with Gasteiger partial charge in [0.25, 0.3) is 0 Å². The molecule has 21 heavy (non-hydrogen) atoms. The van der Waals surface area contributed by atoms with Gasteiger partial charge in [0, 0.05) is 50.8 Å².